The van der Waals surface area contributed by atoms with Crippen LogP contribution < -0.4 is 11.2 Å². The van der Waals surface area contributed by atoms with E-state index in [-0.39, 0.29) is 11.2 Å². The Morgan fingerprint density at radius 2 is 1.83 bits per heavy atom. The molecule has 24 heavy (non-hydrogen) atoms. The summed E-state index contributed by atoms with van der Waals surface area (Å²) < 4.78 is 6.26. The SMILES string of the molecule is CCCn1c(-n2nc(C)cc2C)nc2c1c(=O)n(CC)c(=O)n2C. The molecule has 0 spiro atoms. The molecule has 0 saturated carbocycles. The number of rotatable bonds is 4. The van der Waals surface area contributed by atoms with Crippen LogP contribution in [0.4, 0.5) is 0 Å². The number of aromatic nitrogens is 6. The maximum absolute atomic E-state index is 12.8. The average molecular weight is 330 g/mol. The molecule has 0 radical (unpaired) electrons. The molecule has 3 aromatic heterocycles. The first kappa shape index (κ1) is 16.2. The Morgan fingerprint density at radius 3 is 2.38 bits per heavy atom. The van der Waals surface area contributed by atoms with Crippen molar-refractivity contribution < 1.29 is 0 Å². The van der Waals surface area contributed by atoms with Crippen LogP contribution in [0.25, 0.3) is 17.1 Å². The maximum Gasteiger partial charge on any atom is 0.332 e. The fourth-order valence-electron chi connectivity index (χ4n) is 3.07. The number of nitrogens with zero attached hydrogens (tertiary/aromatic N) is 6. The molecule has 0 N–H and O–H groups in total. The highest BCUT2D eigenvalue weighted by molar-refractivity contribution is 5.72. The standard InChI is InChI=1S/C16H22N6O2/c1-6-8-21-12-13(19(5)16(24)20(7-2)14(12)23)17-15(21)22-11(4)9-10(3)18-22/h9H,6-8H2,1-5H3. The van der Waals surface area contributed by atoms with Crippen molar-refractivity contribution in [2.45, 2.75) is 47.2 Å². The molecule has 0 aliphatic carbocycles. The number of fused-ring (bicyclic) bond motifs is 1. The van der Waals surface area contributed by atoms with Gasteiger partial charge < -0.3 is 4.57 Å². The summed E-state index contributed by atoms with van der Waals surface area (Å²) >= 11 is 0. The van der Waals surface area contributed by atoms with Gasteiger partial charge in [0.1, 0.15) is 0 Å². The molecule has 3 aromatic rings. The molecular formula is C16H22N6O2. The van der Waals surface area contributed by atoms with Crippen molar-refractivity contribution in [2.24, 2.45) is 7.05 Å². The predicted octanol–water partition coefficient (Wildman–Crippen LogP) is 1.13. The number of imidazole rings is 1. The Morgan fingerprint density at radius 1 is 1.12 bits per heavy atom. The van der Waals surface area contributed by atoms with Crippen LogP contribution in [-0.2, 0) is 20.1 Å². The molecule has 0 saturated heterocycles. The Hall–Kier alpha value is -2.64. The van der Waals surface area contributed by atoms with E-state index >= 15 is 0 Å². The summed E-state index contributed by atoms with van der Waals surface area (Å²) in [4.78, 5) is 29.8. The third-order valence-corrected chi connectivity index (χ3v) is 4.17. The summed E-state index contributed by atoms with van der Waals surface area (Å²) in [5.41, 5.74) is 2.00. The van der Waals surface area contributed by atoms with Gasteiger partial charge in [0.2, 0.25) is 5.95 Å². The van der Waals surface area contributed by atoms with Crippen molar-refractivity contribution >= 4 is 11.2 Å². The van der Waals surface area contributed by atoms with E-state index in [1.54, 1.807) is 18.7 Å². The van der Waals surface area contributed by atoms with E-state index in [1.807, 2.05) is 31.4 Å². The Balaban J connectivity index is 2.48. The number of hydrogen-bond donors (Lipinski definition) is 0. The van der Waals surface area contributed by atoms with Gasteiger partial charge in [-0.2, -0.15) is 10.1 Å². The molecule has 0 aromatic carbocycles. The lowest BCUT2D eigenvalue weighted by atomic mass is 10.4. The summed E-state index contributed by atoms with van der Waals surface area (Å²) in [5, 5.41) is 4.48. The third-order valence-electron chi connectivity index (χ3n) is 4.17. The highest BCUT2D eigenvalue weighted by Crippen LogP contribution is 2.17. The molecule has 128 valence electrons. The van der Waals surface area contributed by atoms with Gasteiger partial charge in [0.25, 0.3) is 5.56 Å². The molecule has 0 aliphatic rings. The van der Waals surface area contributed by atoms with Crippen LogP contribution in [0.1, 0.15) is 31.7 Å². The highest BCUT2D eigenvalue weighted by atomic mass is 16.2. The van der Waals surface area contributed by atoms with Crippen LogP contribution in [0.2, 0.25) is 0 Å². The van der Waals surface area contributed by atoms with Gasteiger partial charge in [-0.05, 0) is 33.3 Å². The van der Waals surface area contributed by atoms with Crippen LogP contribution in [0, 0.1) is 13.8 Å². The first-order chi connectivity index (χ1) is 11.4. The van der Waals surface area contributed by atoms with Gasteiger partial charge in [-0.1, -0.05) is 6.92 Å². The maximum atomic E-state index is 12.8. The highest BCUT2D eigenvalue weighted by Gasteiger charge is 2.21. The van der Waals surface area contributed by atoms with E-state index in [4.69, 9.17) is 0 Å². The van der Waals surface area contributed by atoms with E-state index in [2.05, 4.69) is 10.1 Å². The fourth-order valence-corrected chi connectivity index (χ4v) is 3.07. The summed E-state index contributed by atoms with van der Waals surface area (Å²) in [7, 11) is 1.64. The quantitative estimate of drug-likeness (QED) is 0.718. The van der Waals surface area contributed by atoms with E-state index in [0.29, 0.717) is 30.2 Å². The lowest BCUT2D eigenvalue weighted by Crippen LogP contribution is -2.39. The van der Waals surface area contributed by atoms with E-state index in [1.165, 1.54) is 9.13 Å². The lowest BCUT2D eigenvalue weighted by molar-refractivity contribution is 0.621. The molecule has 0 aliphatic heterocycles. The average Bonchev–Trinajstić information content (AvgIpc) is 3.06. The number of aryl methyl sites for hydroxylation is 4. The zero-order valence-corrected chi connectivity index (χ0v) is 14.7. The molecule has 3 heterocycles. The summed E-state index contributed by atoms with van der Waals surface area (Å²) in [6, 6.07) is 1.96. The van der Waals surface area contributed by atoms with Crippen molar-refractivity contribution in [2.75, 3.05) is 0 Å². The van der Waals surface area contributed by atoms with Crippen molar-refractivity contribution in [1.82, 2.24) is 28.5 Å². The normalized spacial score (nSPS) is 11.5. The molecule has 0 fully saturated rings. The van der Waals surface area contributed by atoms with Crippen molar-refractivity contribution in [3.63, 3.8) is 0 Å². The van der Waals surface area contributed by atoms with Crippen LogP contribution in [-0.4, -0.2) is 28.5 Å². The van der Waals surface area contributed by atoms with E-state index in [9.17, 15) is 9.59 Å². The first-order valence-corrected chi connectivity index (χ1v) is 8.14. The molecule has 8 nitrogen and oxygen atoms in total. The minimum atomic E-state index is -0.351. The monoisotopic (exact) mass is 330 g/mol. The van der Waals surface area contributed by atoms with Gasteiger partial charge in [-0.3, -0.25) is 13.9 Å². The van der Waals surface area contributed by atoms with Crippen LogP contribution >= 0.6 is 0 Å². The van der Waals surface area contributed by atoms with Gasteiger partial charge in [-0.15, -0.1) is 0 Å². The topological polar surface area (TPSA) is 79.6 Å². The Bertz CT molecular complexity index is 1030. The Kier molecular flexibility index (Phi) is 3.90. The molecule has 0 unspecified atom stereocenters. The zero-order chi connectivity index (χ0) is 17.6. The molecule has 8 heteroatoms. The predicted molar refractivity (Wildman–Crippen MR) is 91.8 cm³/mol. The van der Waals surface area contributed by atoms with Crippen molar-refractivity contribution in [3.8, 4) is 5.95 Å². The lowest BCUT2D eigenvalue weighted by Gasteiger charge is -2.09. The van der Waals surface area contributed by atoms with Gasteiger partial charge >= 0.3 is 5.69 Å². The van der Waals surface area contributed by atoms with Gasteiger partial charge in [-0.25, -0.2) is 9.48 Å². The van der Waals surface area contributed by atoms with Gasteiger partial charge in [0.15, 0.2) is 11.2 Å². The van der Waals surface area contributed by atoms with Crippen LogP contribution in [0.5, 0.6) is 0 Å². The first-order valence-electron chi connectivity index (χ1n) is 8.14. The largest absolute Gasteiger partial charge is 0.332 e. The molecule has 0 atom stereocenters. The van der Waals surface area contributed by atoms with Crippen molar-refractivity contribution in [1.29, 1.82) is 0 Å². The van der Waals surface area contributed by atoms with Crippen LogP contribution in [0.3, 0.4) is 0 Å². The second-order valence-corrected chi connectivity index (χ2v) is 5.97. The van der Waals surface area contributed by atoms with Crippen LogP contribution in [0.15, 0.2) is 15.7 Å². The van der Waals surface area contributed by atoms with Gasteiger partial charge in [0, 0.05) is 25.8 Å². The number of hydrogen-bond acceptors (Lipinski definition) is 4. The molecule has 3 rings (SSSR count). The summed E-state index contributed by atoms with van der Waals surface area (Å²) in [5.74, 6) is 0.568. The van der Waals surface area contributed by atoms with E-state index < -0.39 is 0 Å². The minimum absolute atomic E-state index is 0.302. The molecular weight excluding hydrogens is 308 g/mol. The summed E-state index contributed by atoms with van der Waals surface area (Å²) in [6.07, 6.45) is 0.839. The zero-order valence-electron chi connectivity index (χ0n) is 14.7. The van der Waals surface area contributed by atoms with Gasteiger partial charge in [0.05, 0.1) is 5.69 Å². The molecule has 0 amide bonds. The second kappa shape index (κ2) is 5.77. The summed E-state index contributed by atoms with van der Waals surface area (Å²) in [6.45, 7) is 8.64. The smallest absolute Gasteiger partial charge is 0.302 e. The van der Waals surface area contributed by atoms with E-state index in [0.717, 1.165) is 17.8 Å². The minimum Gasteiger partial charge on any atom is -0.302 e. The molecule has 0 bridgehead atoms. The fraction of sp³-hybridized carbons (Fsp3) is 0.500. The Labute approximate surface area is 139 Å². The van der Waals surface area contributed by atoms with Crippen molar-refractivity contribution in [3.05, 3.63) is 38.3 Å². The second-order valence-electron chi connectivity index (χ2n) is 5.97. The third kappa shape index (κ3) is 2.21.